The minimum absolute atomic E-state index is 0.0637. The van der Waals surface area contributed by atoms with E-state index in [4.69, 9.17) is 9.47 Å². The van der Waals surface area contributed by atoms with Crippen LogP contribution in [0.3, 0.4) is 0 Å². The number of halogens is 1. The molecule has 0 aliphatic carbocycles. The molecule has 6 nitrogen and oxygen atoms in total. The van der Waals surface area contributed by atoms with Gasteiger partial charge in [0.1, 0.15) is 18.4 Å². The molecule has 1 amide bonds. The predicted molar refractivity (Wildman–Crippen MR) is 94.9 cm³/mol. The molecule has 1 aliphatic heterocycles. The minimum atomic E-state index is -1.10. The van der Waals surface area contributed by atoms with Gasteiger partial charge in [-0.05, 0) is 23.3 Å². The van der Waals surface area contributed by atoms with Gasteiger partial charge in [-0.1, -0.05) is 46.3 Å². The molecule has 1 heterocycles. The summed E-state index contributed by atoms with van der Waals surface area (Å²) in [4.78, 5) is 25.5. The van der Waals surface area contributed by atoms with E-state index in [-0.39, 0.29) is 13.0 Å². The summed E-state index contributed by atoms with van der Waals surface area (Å²) in [5.41, 5.74) is 1.97. The Bertz CT molecular complexity index is 809. The lowest BCUT2D eigenvalue weighted by Crippen LogP contribution is -2.43. The minimum Gasteiger partial charge on any atom is -0.495 e. The Balaban J connectivity index is 1.91. The molecule has 0 fully saturated rings. The summed E-state index contributed by atoms with van der Waals surface area (Å²) in [6.45, 7) is 0.0637. The van der Waals surface area contributed by atoms with Gasteiger partial charge in [-0.2, -0.15) is 0 Å². The number of rotatable bonds is 4. The number of aliphatic carboxylic acids is 1. The molecule has 2 aromatic rings. The number of hydrogen-bond acceptors (Lipinski definition) is 4. The Hall–Kier alpha value is -2.54. The van der Waals surface area contributed by atoms with Crippen molar-refractivity contribution >= 4 is 33.7 Å². The van der Waals surface area contributed by atoms with Crippen molar-refractivity contribution in [3.05, 3.63) is 58.1 Å². The van der Waals surface area contributed by atoms with Crippen LogP contribution in [0.15, 0.2) is 46.9 Å². The second-order valence-corrected chi connectivity index (χ2v) is 6.40. The molecule has 0 saturated heterocycles. The first-order valence-electron chi connectivity index (χ1n) is 7.61. The van der Waals surface area contributed by atoms with E-state index in [2.05, 4.69) is 15.9 Å². The lowest BCUT2D eigenvalue weighted by molar-refractivity contribution is -0.138. The fourth-order valence-corrected chi connectivity index (χ4v) is 3.34. The molecule has 7 heteroatoms. The summed E-state index contributed by atoms with van der Waals surface area (Å²) >= 11 is 3.41. The lowest BCUT2D eigenvalue weighted by Gasteiger charge is -2.23. The third-order valence-electron chi connectivity index (χ3n) is 4.05. The van der Waals surface area contributed by atoms with Crippen LogP contribution in [0.5, 0.6) is 5.75 Å². The number of fused-ring (bicyclic) bond motifs is 1. The Kier molecular flexibility index (Phi) is 4.94. The van der Waals surface area contributed by atoms with Crippen molar-refractivity contribution in [3.63, 3.8) is 0 Å². The van der Waals surface area contributed by atoms with Gasteiger partial charge in [0, 0.05) is 10.9 Å². The molecule has 0 bridgehead atoms. The van der Waals surface area contributed by atoms with Crippen LogP contribution in [0.25, 0.3) is 0 Å². The van der Waals surface area contributed by atoms with Crippen molar-refractivity contribution in [1.29, 1.82) is 0 Å². The van der Waals surface area contributed by atoms with Crippen LogP contribution in [0, 0.1) is 0 Å². The smallest absolute Gasteiger partial charge is 0.415 e. The summed E-state index contributed by atoms with van der Waals surface area (Å²) in [6.07, 6.45) is -0.533. The topological polar surface area (TPSA) is 76.1 Å². The molecule has 2 aromatic carbocycles. The van der Waals surface area contributed by atoms with Gasteiger partial charge in [0.25, 0.3) is 0 Å². The summed E-state index contributed by atoms with van der Waals surface area (Å²) in [5, 5.41) is 9.54. The second kappa shape index (κ2) is 7.14. The van der Waals surface area contributed by atoms with Gasteiger partial charge in [-0.3, -0.25) is 4.90 Å². The molecule has 1 N–H and O–H groups in total. The predicted octanol–water partition coefficient (Wildman–Crippen LogP) is 3.61. The lowest BCUT2D eigenvalue weighted by atomic mass is 10.1. The molecule has 1 unspecified atom stereocenters. The molecule has 1 atom stereocenters. The number of methoxy groups -OCH3 is 1. The van der Waals surface area contributed by atoms with Crippen LogP contribution < -0.4 is 9.64 Å². The number of carbonyl (C=O) groups is 2. The highest BCUT2D eigenvalue weighted by molar-refractivity contribution is 9.10. The normalized spacial score (nSPS) is 15.6. The maximum atomic E-state index is 12.6. The Labute approximate surface area is 153 Å². The average Bonchev–Trinajstić information content (AvgIpc) is 3.03. The summed E-state index contributed by atoms with van der Waals surface area (Å²) in [7, 11) is 1.48. The second-order valence-electron chi connectivity index (χ2n) is 5.55. The van der Waals surface area contributed by atoms with E-state index in [1.54, 1.807) is 12.1 Å². The summed E-state index contributed by atoms with van der Waals surface area (Å²) in [5.74, 6) is -0.666. The van der Waals surface area contributed by atoms with E-state index in [1.807, 2.05) is 30.3 Å². The molecule has 1 aliphatic rings. The van der Waals surface area contributed by atoms with E-state index in [1.165, 1.54) is 7.11 Å². The van der Waals surface area contributed by atoms with Gasteiger partial charge in [0.05, 0.1) is 12.8 Å². The third-order valence-corrected chi connectivity index (χ3v) is 4.79. The number of amides is 1. The van der Waals surface area contributed by atoms with Gasteiger partial charge in [0.15, 0.2) is 0 Å². The van der Waals surface area contributed by atoms with E-state index in [9.17, 15) is 14.7 Å². The van der Waals surface area contributed by atoms with Gasteiger partial charge >= 0.3 is 12.1 Å². The molecular weight excluding hydrogens is 390 g/mol. The maximum absolute atomic E-state index is 12.6. The zero-order valence-corrected chi connectivity index (χ0v) is 15.0. The largest absolute Gasteiger partial charge is 0.495 e. The maximum Gasteiger partial charge on any atom is 0.415 e. The Morgan fingerprint density at radius 2 is 1.96 bits per heavy atom. The number of hydrogen-bond donors (Lipinski definition) is 1. The number of carbonyl (C=O) groups excluding carboxylic acids is 1. The van der Waals surface area contributed by atoms with Crippen molar-refractivity contribution in [3.8, 4) is 5.75 Å². The van der Waals surface area contributed by atoms with Crippen molar-refractivity contribution in [2.75, 3.05) is 12.0 Å². The van der Waals surface area contributed by atoms with E-state index >= 15 is 0 Å². The van der Waals surface area contributed by atoms with E-state index in [0.29, 0.717) is 17.0 Å². The fraction of sp³-hybridized carbons (Fsp3) is 0.222. The van der Waals surface area contributed by atoms with Crippen LogP contribution in [0.2, 0.25) is 0 Å². The SMILES string of the molecule is COc1ccc(Br)c2c1N(C(=O)OCc1ccccc1)C(C(=O)O)C2. The zero-order chi connectivity index (χ0) is 18.0. The summed E-state index contributed by atoms with van der Waals surface area (Å²) < 4.78 is 11.4. The van der Waals surface area contributed by atoms with Crippen LogP contribution in [-0.2, 0) is 22.6 Å². The van der Waals surface area contributed by atoms with Gasteiger partial charge in [0.2, 0.25) is 0 Å². The number of carboxylic acid groups (broad SMARTS) is 1. The van der Waals surface area contributed by atoms with Gasteiger partial charge < -0.3 is 14.6 Å². The monoisotopic (exact) mass is 405 g/mol. The first-order valence-corrected chi connectivity index (χ1v) is 8.40. The first kappa shape index (κ1) is 17.3. The number of ether oxygens (including phenoxy) is 2. The van der Waals surface area contributed by atoms with Crippen molar-refractivity contribution in [1.82, 2.24) is 0 Å². The van der Waals surface area contributed by atoms with Crippen LogP contribution >= 0.6 is 15.9 Å². The van der Waals surface area contributed by atoms with Crippen molar-refractivity contribution in [2.45, 2.75) is 19.1 Å². The van der Waals surface area contributed by atoms with Crippen LogP contribution in [0.1, 0.15) is 11.1 Å². The number of benzene rings is 2. The molecule has 25 heavy (non-hydrogen) atoms. The molecular formula is C18H16BrNO5. The van der Waals surface area contributed by atoms with Gasteiger partial charge in [-0.25, -0.2) is 9.59 Å². The zero-order valence-electron chi connectivity index (χ0n) is 13.4. The Morgan fingerprint density at radius 3 is 2.60 bits per heavy atom. The van der Waals surface area contributed by atoms with Crippen LogP contribution in [0.4, 0.5) is 10.5 Å². The molecule has 0 saturated carbocycles. The Morgan fingerprint density at radius 1 is 1.24 bits per heavy atom. The highest BCUT2D eigenvalue weighted by Crippen LogP contribution is 2.44. The third kappa shape index (κ3) is 3.32. The van der Waals surface area contributed by atoms with E-state index < -0.39 is 18.1 Å². The average molecular weight is 406 g/mol. The first-order chi connectivity index (χ1) is 12.0. The molecule has 0 radical (unpaired) electrons. The molecule has 130 valence electrons. The summed E-state index contributed by atoms with van der Waals surface area (Å²) in [6, 6.07) is 11.6. The highest BCUT2D eigenvalue weighted by Gasteiger charge is 2.42. The number of anilines is 1. The van der Waals surface area contributed by atoms with Crippen molar-refractivity contribution < 1.29 is 24.2 Å². The fourth-order valence-electron chi connectivity index (χ4n) is 2.86. The number of nitrogens with zero attached hydrogens (tertiary/aromatic N) is 1. The molecule has 0 aromatic heterocycles. The number of carboxylic acids is 1. The standard InChI is InChI=1S/C18H16BrNO5/c1-24-15-8-7-13(19)12-9-14(17(21)22)20(16(12)15)18(23)25-10-11-5-3-2-4-6-11/h2-8,14H,9-10H2,1H3,(H,21,22). The van der Waals surface area contributed by atoms with Crippen molar-refractivity contribution in [2.24, 2.45) is 0 Å². The van der Waals surface area contributed by atoms with Gasteiger partial charge in [-0.15, -0.1) is 0 Å². The van der Waals surface area contributed by atoms with Crippen LogP contribution in [-0.4, -0.2) is 30.3 Å². The highest BCUT2D eigenvalue weighted by atomic mass is 79.9. The van der Waals surface area contributed by atoms with E-state index in [0.717, 1.165) is 14.9 Å². The quantitative estimate of drug-likeness (QED) is 0.840. The molecule has 0 spiro atoms. The molecule has 3 rings (SSSR count).